The summed E-state index contributed by atoms with van der Waals surface area (Å²) < 4.78 is 85.3. The second-order valence-corrected chi connectivity index (χ2v) is 12.9. The van der Waals surface area contributed by atoms with Crippen molar-refractivity contribution < 1.29 is 40.3 Å². The third kappa shape index (κ3) is 5.08. The van der Waals surface area contributed by atoms with Crippen LogP contribution in [0.1, 0.15) is 33.6 Å². The van der Waals surface area contributed by atoms with Gasteiger partial charge in [-0.05, 0) is 43.3 Å². The Hall–Kier alpha value is -4.21. The molecule has 2 aromatic heterocycles. The first-order valence-corrected chi connectivity index (χ1v) is 15.4. The number of nitrogens with zero attached hydrogens (tertiary/aromatic N) is 4. The standard InChI is InChI=1S/C29H24ClF4N5O5S/c1-16-2-5-19(6-3-16)45(42,43)39-18(13-23-24(39)14-22(30)25(35)36-23)15-38-26(40)20-12-17(31)4-7-21(20)28(38)8-9-37(27(28)41)10-11-44-29(32,33)34/h2-7,12-14H,8-11,15H2,1H3,(H2,35,36)/t28-/m0/s1. The number of anilines is 1. The number of rotatable bonds is 7. The Morgan fingerprint density at radius 3 is 2.49 bits per heavy atom. The fraction of sp³-hybridized carbons (Fsp3) is 0.276. The first-order valence-electron chi connectivity index (χ1n) is 13.5. The number of halogens is 5. The van der Waals surface area contributed by atoms with Crippen LogP contribution in [0.3, 0.4) is 0 Å². The smallest absolute Gasteiger partial charge is 0.382 e. The second-order valence-electron chi connectivity index (χ2n) is 10.8. The van der Waals surface area contributed by atoms with Crippen molar-refractivity contribution in [2.45, 2.75) is 36.7 Å². The Bertz CT molecular complexity index is 1980. The van der Waals surface area contributed by atoms with Gasteiger partial charge in [0.15, 0.2) is 0 Å². The first-order chi connectivity index (χ1) is 21.1. The number of hydrogen-bond donors (Lipinski definition) is 1. The van der Waals surface area contributed by atoms with Crippen LogP contribution in [-0.2, 0) is 31.6 Å². The van der Waals surface area contributed by atoms with Gasteiger partial charge in [-0.2, -0.15) is 0 Å². The van der Waals surface area contributed by atoms with Gasteiger partial charge in [-0.25, -0.2) is 21.8 Å². The highest BCUT2D eigenvalue weighted by Crippen LogP contribution is 2.48. The van der Waals surface area contributed by atoms with E-state index in [4.69, 9.17) is 17.3 Å². The Balaban J connectivity index is 1.48. The SMILES string of the molecule is Cc1ccc(S(=O)(=O)n2c(CN3C(=O)c4cc(F)ccc4[C@]34CCN(CCOC(F)(F)F)C4=O)cc3nc(N)c(Cl)cc32)cc1. The lowest BCUT2D eigenvalue weighted by molar-refractivity contribution is -0.324. The summed E-state index contributed by atoms with van der Waals surface area (Å²) in [6, 6.07) is 12.1. The third-order valence-corrected chi connectivity index (χ3v) is 10.1. The number of carbonyl (C=O) groups is 2. The van der Waals surface area contributed by atoms with Crippen LogP contribution >= 0.6 is 11.6 Å². The van der Waals surface area contributed by atoms with Gasteiger partial charge >= 0.3 is 6.36 Å². The summed E-state index contributed by atoms with van der Waals surface area (Å²) in [5.74, 6) is -2.28. The molecule has 0 unspecified atom stereocenters. The van der Waals surface area contributed by atoms with Crippen molar-refractivity contribution in [1.29, 1.82) is 0 Å². The van der Waals surface area contributed by atoms with Gasteiger partial charge in [0.25, 0.3) is 21.8 Å². The number of pyridine rings is 1. The summed E-state index contributed by atoms with van der Waals surface area (Å²) in [5.41, 5.74) is 5.19. The highest BCUT2D eigenvalue weighted by molar-refractivity contribution is 7.90. The molecular weight excluding hydrogens is 642 g/mol. The van der Waals surface area contributed by atoms with E-state index >= 15 is 0 Å². The van der Waals surface area contributed by atoms with Gasteiger partial charge < -0.3 is 15.5 Å². The van der Waals surface area contributed by atoms with E-state index in [0.717, 1.165) is 31.5 Å². The van der Waals surface area contributed by atoms with Crippen molar-refractivity contribution in [3.8, 4) is 0 Å². The fourth-order valence-corrected chi connectivity index (χ4v) is 7.66. The van der Waals surface area contributed by atoms with E-state index in [1.54, 1.807) is 19.1 Å². The number of aryl methyl sites for hydroxylation is 1. The molecular formula is C29H24ClF4N5O5S. The molecule has 4 heterocycles. The van der Waals surface area contributed by atoms with E-state index in [1.807, 2.05) is 0 Å². The number of hydrogen-bond acceptors (Lipinski definition) is 7. The molecule has 0 radical (unpaired) electrons. The number of nitrogen functional groups attached to an aromatic ring is 1. The Morgan fingerprint density at radius 2 is 1.80 bits per heavy atom. The summed E-state index contributed by atoms with van der Waals surface area (Å²) in [6.45, 7) is -0.00395. The van der Waals surface area contributed by atoms with Gasteiger partial charge in [-0.1, -0.05) is 35.4 Å². The lowest BCUT2D eigenvalue weighted by atomic mass is 9.87. The zero-order valence-electron chi connectivity index (χ0n) is 23.4. The summed E-state index contributed by atoms with van der Waals surface area (Å²) in [6.07, 6.45) is -4.96. The van der Waals surface area contributed by atoms with E-state index < -0.39 is 59.3 Å². The predicted molar refractivity (Wildman–Crippen MR) is 154 cm³/mol. The van der Waals surface area contributed by atoms with E-state index in [-0.39, 0.29) is 56.6 Å². The molecule has 2 aromatic carbocycles. The Morgan fingerprint density at radius 1 is 1.09 bits per heavy atom. The van der Waals surface area contributed by atoms with Crippen molar-refractivity contribution >= 4 is 50.3 Å². The molecule has 2 aliphatic rings. The van der Waals surface area contributed by atoms with Gasteiger partial charge in [0, 0.05) is 30.6 Å². The molecule has 1 saturated heterocycles. The number of carbonyl (C=O) groups excluding carboxylic acids is 2. The molecule has 236 valence electrons. The van der Waals surface area contributed by atoms with E-state index in [2.05, 4.69) is 9.72 Å². The van der Waals surface area contributed by atoms with Crippen LogP contribution in [-0.4, -0.2) is 65.0 Å². The van der Waals surface area contributed by atoms with E-state index in [1.165, 1.54) is 30.3 Å². The van der Waals surface area contributed by atoms with Gasteiger partial charge in [-0.3, -0.25) is 14.3 Å². The quantitative estimate of drug-likeness (QED) is 0.287. The van der Waals surface area contributed by atoms with Crippen LogP contribution in [0.15, 0.2) is 59.5 Å². The maximum atomic E-state index is 14.4. The largest absolute Gasteiger partial charge is 0.522 e. The molecule has 0 aliphatic carbocycles. The minimum absolute atomic E-state index is 0.00685. The maximum absolute atomic E-state index is 14.4. The molecule has 1 spiro atoms. The minimum atomic E-state index is -4.91. The maximum Gasteiger partial charge on any atom is 0.522 e. The van der Waals surface area contributed by atoms with Crippen molar-refractivity contribution in [1.82, 2.24) is 18.8 Å². The van der Waals surface area contributed by atoms with Crippen LogP contribution in [0.25, 0.3) is 11.0 Å². The number of ether oxygens (including phenoxy) is 1. The lowest BCUT2D eigenvalue weighted by Crippen LogP contribution is -2.50. The lowest BCUT2D eigenvalue weighted by Gasteiger charge is -2.34. The van der Waals surface area contributed by atoms with Crippen LogP contribution < -0.4 is 5.73 Å². The number of likely N-dealkylation sites (tertiary alicyclic amines) is 1. The van der Waals surface area contributed by atoms with Crippen molar-refractivity contribution in [3.05, 3.63) is 87.8 Å². The summed E-state index contributed by atoms with van der Waals surface area (Å²) in [5, 5.41) is -0.0215. The monoisotopic (exact) mass is 665 g/mol. The first kappa shape index (κ1) is 30.8. The molecule has 16 heteroatoms. The van der Waals surface area contributed by atoms with E-state index in [0.29, 0.717) is 0 Å². The highest BCUT2D eigenvalue weighted by atomic mass is 35.5. The van der Waals surface area contributed by atoms with Crippen LogP contribution in [0.4, 0.5) is 23.4 Å². The van der Waals surface area contributed by atoms with E-state index in [9.17, 15) is 35.6 Å². The molecule has 6 rings (SSSR count). The Kier molecular flexibility index (Phi) is 7.33. The molecule has 1 atom stereocenters. The zero-order valence-corrected chi connectivity index (χ0v) is 25.0. The normalized spacial score (nSPS) is 18.5. The summed E-state index contributed by atoms with van der Waals surface area (Å²) in [4.78, 5) is 34.3. The highest BCUT2D eigenvalue weighted by Gasteiger charge is 2.59. The van der Waals surface area contributed by atoms with Crippen LogP contribution in [0.2, 0.25) is 5.02 Å². The molecule has 2 amide bonds. The van der Waals surface area contributed by atoms with Gasteiger partial charge in [0.1, 0.15) is 17.2 Å². The van der Waals surface area contributed by atoms with Crippen LogP contribution in [0.5, 0.6) is 0 Å². The number of fused-ring (bicyclic) bond motifs is 3. The number of alkyl halides is 3. The molecule has 1 fully saturated rings. The van der Waals surface area contributed by atoms with Crippen LogP contribution in [0, 0.1) is 12.7 Å². The van der Waals surface area contributed by atoms with Crippen molar-refractivity contribution in [2.75, 3.05) is 25.4 Å². The fourth-order valence-electron chi connectivity index (χ4n) is 6.00. The number of aromatic nitrogens is 2. The number of amides is 2. The average molecular weight is 666 g/mol. The number of benzene rings is 2. The molecule has 45 heavy (non-hydrogen) atoms. The molecule has 2 aliphatic heterocycles. The predicted octanol–water partition coefficient (Wildman–Crippen LogP) is 4.58. The van der Waals surface area contributed by atoms with Gasteiger partial charge in [0.2, 0.25) is 0 Å². The third-order valence-electron chi connectivity index (χ3n) is 8.05. The molecule has 2 N–H and O–H groups in total. The number of nitrogens with two attached hydrogens (primary N) is 1. The van der Waals surface area contributed by atoms with Gasteiger partial charge in [0.05, 0.1) is 39.8 Å². The minimum Gasteiger partial charge on any atom is -0.382 e. The molecule has 10 nitrogen and oxygen atoms in total. The second kappa shape index (κ2) is 10.7. The van der Waals surface area contributed by atoms with Crippen molar-refractivity contribution in [2.24, 2.45) is 0 Å². The molecule has 0 saturated carbocycles. The van der Waals surface area contributed by atoms with Gasteiger partial charge in [-0.15, -0.1) is 13.2 Å². The topological polar surface area (TPSA) is 128 Å². The molecule has 0 bridgehead atoms. The molecule has 4 aromatic rings. The zero-order chi connectivity index (χ0) is 32.5. The summed E-state index contributed by atoms with van der Waals surface area (Å²) in [7, 11) is -4.36. The van der Waals surface area contributed by atoms with Crippen molar-refractivity contribution in [3.63, 3.8) is 0 Å². The summed E-state index contributed by atoms with van der Waals surface area (Å²) >= 11 is 6.23. The Labute approximate surface area is 259 Å². The average Bonchev–Trinajstić information content (AvgIpc) is 3.55.